The average Bonchev–Trinajstić information content (AvgIpc) is 2.61. The Labute approximate surface area is 156 Å². The lowest BCUT2D eigenvalue weighted by Gasteiger charge is -2.28. The van der Waals surface area contributed by atoms with Crippen molar-refractivity contribution in [2.75, 3.05) is 18.8 Å². The Kier molecular flexibility index (Phi) is 5.56. The molecule has 25 heavy (non-hydrogen) atoms. The summed E-state index contributed by atoms with van der Waals surface area (Å²) in [6.45, 7) is 0.975. The first-order valence-corrected chi connectivity index (χ1v) is 10.4. The van der Waals surface area contributed by atoms with Crippen LogP contribution < -0.4 is 5.32 Å². The van der Waals surface area contributed by atoms with E-state index in [1.165, 1.54) is 9.87 Å². The SMILES string of the molecule is O=C(NCCS(=O)(=O)N1CCc2ccccc2C1)c1cccc(Br)c1. The predicted octanol–water partition coefficient (Wildman–Crippen LogP) is 2.57. The van der Waals surface area contributed by atoms with Gasteiger partial charge in [-0.3, -0.25) is 4.79 Å². The first-order valence-electron chi connectivity index (χ1n) is 8.04. The summed E-state index contributed by atoms with van der Waals surface area (Å²) in [5, 5.41) is 2.67. The van der Waals surface area contributed by atoms with Gasteiger partial charge in [-0.15, -0.1) is 0 Å². The highest BCUT2D eigenvalue weighted by Crippen LogP contribution is 2.21. The summed E-state index contributed by atoms with van der Waals surface area (Å²) in [4.78, 5) is 12.1. The largest absolute Gasteiger partial charge is 0.351 e. The van der Waals surface area contributed by atoms with E-state index in [4.69, 9.17) is 0 Å². The van der Waals surface area contributed by atoms with Gasteiger partial charge in [0.05, 0.1) is 5.75 Å². The van der Waals surface area contributed by atoms with E-state index >= 15 is 0 Å². The number of fused-ring (bicyclic) bond motifs is 1. The van der Waals surface area contributed by atoms with Crippen LogP contribution in [-0.4, -0.2) is 37.5 Å². The second kappa shape index (κ2) is 7.68. The lowest BCUT2D eigenvalue weighted by Crippen LogP contribution is -2.40. The second-order valence-corrected chi connectivity index (χ2v) is 8.94. The number of amides is 1. The van der Waals surface area contributed by atoms with Crippen molar-refractivity contribution in [2.45, 2.75) is 13.0 Å². The van der Waals surface area contributed by atoms with Crippen molar-refractivity contribution in [3.05, 3.63) is 69.7 Å². The van der Waals surface area contributed by atoms with Crippen LogP contribution in [0.3, 0.4) is 0 Å². The molecule has 0 fully saturated rings. The molecule has 2 aromatic carbocycles. The van der Waals surface area contributed by atoms with Gasteiger partial charge < -0.3 is 5.32 Å². The Balaban J connectivity index is 1.57. The van der Waals surface area contributed by atoms with E-state index in [-0.39, 0.29) is 18.2 Å². The molecule has 1 aliphatic rings. The zero-order valence-corrected chi connectivity index (χ0v) is 16.0. The molecule has 0 atom stereocenters. The zero-order chi connectivity index (χ0) is 17.9. The maximum Gasteiger partial charge on any atom is 0.251 e. The molecule has 1 N–H and O–H groups in total. The molecule has 0 saturated heterocycles. The first kappa shape index (κ1) is 18.1. The Hall–Kier alpha value is -1.70. The minimum atomic E-state index is -3.40. The van der Waals surface area contributed by atoms with Crippen molar-refractivity contribution in [2.24, 2.45) is 0 Å². The van der Waals surface area contributed by atoms with Crippen LogP contribution in [0.1, 0.15) is 21.5 Å². The standard InChI is InChI=1S/C18H19BrN2O3S/c19-17-7-3-6-15(12-17)18(22)20-9-11-25(23,24)21-10-8-14-4-1-2-5-16(14)13-21/h1-7,12H,8-11,13H2,(H,20,22). The molecule has 0 bridgehead atoms. The van der Waals surface area contributed by atoms with Crippen LogP contribution in [0.2, 0.25) is 0 Å². The van der Waals surface area contributed by atoms with Crippen molar-refractivity contribution in [1.29, 1.82) is 0 Å². The number of rotatable bonds is 5. The molecule has 0 aliphatic carbocycles. The van der Waals surface area contributed by atoms with Crippen molar-refractivity contribution in [1.82, 2.24) is 9.62 Å². The highest BCUT2D eigenvalue weighted by molar-refractivity contribution is 9.10. The Morgan fingerprint density at radius 3 is 2.64 bits per heavy atom. The van der Waals surface area contributed by atoms with Crippen LogP contribution in [0.25, 0.3) is 0 Å². The monoisotopic (exact) mass is 422 g/mol. The maximum absolute atomic E-state index is 12.5. The Bertz CT molecular complexity index is 883. The Morgan fingerprint density at radius 2 is 1.88 bits per heavy atom. The van der Waals surface area contributed by atoms with Crippen LogP contribution in [0.15, 0.2) is 53.0 Å². The summed E-state index contributed by atoms with van der Waals surface area (Å²) in [6, 6.07) is 14.9. The van der Waals surface area contributed by atoms with Crippen molar-refractivity contribution >= 4 is 31.9 Å². The van der Waals surface area contributed by atoms with Gasteiger partial charge in [-0.2, -0.15) is 4.31 Å². The highest BCUT2D eigenvalue weighted by atomic mass is 79.9. The smallest absolute Gasteiger partial charge is 0.251 e. The molecule has 0 unspecified atom stereocenters. The van der Waals surface area contributed by atoms with E-state index in [0.29, 0.717) is 18.7 Å². The molecule has 0 saturated carbocycles. The van der Waals surface area contributed by atoms with E-state index in [2.05, 4.69) is 21.2 Å². The maximum atomic E-state index is 12.5. The predicted molar refractivity (Wildman–Crippen MR) is 101 cm³/mol. The fraction of sp³-hybridized carbons (Fsp3) is 0.278. The molecule has 3 rings (SSSR count). The second-order valence-electron chi connectivity index (χ2n) is 5.93. The highest BCUT2D eigenvalue weighted by Gasteiger charge is 2.26. The van der Waals surface area contributed by atoms with Gasteiger partial charge in [-0.05, 0) is 35.7 Å². The average molecular weight is 423 g/mol. The first-order chi connectivity index (χ1) is 12.0. The minimum absolute atomic E-state index is 0.0891. The quantitative estimate of drug-likeness (QED) is 0.804. The van der Waals surface area contributed by atoms with Gasteiger partial charge in [0.2, 0.25) is 10.0 Å². The molecule has 0 spiro atoms. The van der Waals surface area contributed by atoms with Crippen LogP contribution >= 0.6 is 15.9 Å². The molecule has 0 radical (unpaired) electrons. The van der Waals surface area contributed by atoms with Crippen molar-refractivity contribution in [3.63, 3.8) is 0 Å². The summed E-state index contributed by atoms with van der Waals surface area (Å²) >= 11 is 3.31. The number of benzene rings is 2. The summed E-state index contributed by atoms with van der Waals surface area (Å²) in [6.07, 6.45) is 0.722. The van der Waals surface area contributed by atoms with Gasteiger partial charge >= 0.3 is 0 Å². The van der Waals surface area contributed by atoms with Crippen molar-refractivity contribution < 1.29 is 13.2 Å². The lowest BCUT2D eigenvalue weighted by atomic mass is 10.0. The normalized spacial score (nSPS) is 14.8. The molecule has 5 nitrogen and oxygen atoms in total. The third-order valence-electron chi connectivity index (χ3n) is 4.22. The van der Waals surface area contributed by atoms with Gasteiger partial charge in [0.15, 0.2) is 0 Å². The molecule has 132 valence electrons. The summed E-state index contributed by atoms with van der Waals surface area (Å²) < 4.78 is 27.4. The molecule has 1 aliphatic heterocycles. The molecule has 0 aromatic heterocycles. The fourth-order valence-corrected chi connectivity index (χ4v) is 4.58. The topological polar surface area (TPSA) is 66.5 Å². The lowest BCUT2D eigenvalue weighted by molar-refractivity contribution is 0.0956. The molecule has 7 heteroatoms. The molecular weight excluding hydrogens is 404 g/mol. The van der Waals surface area contributed by atoms with Gasteiger partial charge in [-0.25, -0.2) is 8.42 Å². The van der Waals surface area contributed by atoms with Crippen LogP contribution in [0, 0.1) is 0 Å². The van der Waals surface area contributed by atoms with E-state index in [0.717, 1.165) is 16.5 Å². The number of nitrogens with one attached hydrogen (secondary N) is 1. The van der Waals surface area contributed by atoms with E-state index in [1.54, 1.807) is 18.2 Å². The molecular formula is C18H19BrN2O3S. The van der Waals surface area contributed by atoms with Gasteiger partial charge in [0, 0.05) is 29.7 Å². The van der Waals surface area contributed by atoms with E-state index < -0.39 is 10.0 Å². The van der Waals surface area contributed by atoms with E-state index in [9.17, 15) is 13.2 Å². The number of sulfonamides is 1. The van der Waals surface area contributed by atoms with Crippen LogP contribution in [-0.2, 0) is 23.0 Å². The molecule has 2 aromatic rings. The van der Waals surface area contributed by atoms with Gasteiger partial charge in [0.1, 0.15) is 0 Å². The third kappa shape index (κ3) is 4.48. The minimum Gasteiger partial charge on any atom is -0.351 e. The number of carbonyl (C=O) groups is 1. The van der Waals surface area contributed by atoms with Gasteiger partial charge in [-0.1, -0.05) is 46.3 Å². The summed E-state index contributed by atoms with van der Waals surface area (Å²) in [5.74, 6) is -0.380. The third-order valence-corrected chi connectivity index (χ3v) is 6.53. The Morgan fingerprint density at radius 1 is 1.12 bits per heavy atom. The number of nitrogens with zero attached hydrogens (tertiary/aromatic N) is 1. The summed E-state index contributed by atoms with van der Waals surface area (Å²) in [5.41, 5.74) is 2.76. The van der Waals surface area contributed by atoms with Crippen LogP contribution in [0.4, 0.5) is 0 Å². The van der Waals surface area contributed by atoms with E-state index in [1.807, 2.05) is 30.3 Å². The van der Waals surface area contributed by atoms with Crippen molar-refractivity contribution in [3.8, 4) is 0 Å². The zero-order valence-electron chi connectivity index (χ0n) is 13.6. The number of halogens is 1. The number of carbonyl (C=O) groups excluding carboxylic acids is 1. The number of hydrogen-bond donors (Lipinski definition) is 1. The fourth-order valence-electron chi connectivity index (χ4n) is 2.86. The molecule has 1 amide bonds. The molecule has 1 heterocycles. The number of hydrogen-bond acceptors (Lipinski definition) is 3. The van der Waals surface area contributed by atoms with Crippen LogP contribution in [0.5, 0.6) is 0 Å². The van der Waals surface area contributed by atoms with Gasteiger partial charge in [0.25, 0.3) is 5.91 Å². The summed E-state index contributed by atoms with van der Waals surface area (Å²) in [7, 11) is -3.40.